The number of nitrogens with two attached hydrogens (primary N) is 1. The second-order valence-corrected chi connectivity index (χ2v) is 7.20. The maximum Gasteiger partial charge on any atom is 0.271 e. The van der Waals surface area contributed by atoms with E-state index in [2.05, 4.69) is 4.98 Å². The van der Waals surface area contributed by atoms with Crippen LogP contribution in [-0.4, -0.2) is 55.1 Å². The van der Waals surface area contributed by atoms with E-state index in [1.165, 1.54) is 29.1 Å². The molecule has 1 atom stereocenters. The normalized spacial score (nSPS) is 17.5. The minimum absolute atomic E-state index is 0.0353. The van der Waals surface area contributed by atoms with Gasteiger partial charge in [0.2, 0.25) is 5.91 Å². The first-order valence-corrected chi connectivity index (χ1v) is 9.14. The lowest BCUT2D eigenvalue weighted by atomic mass is 9.90. The lowest BCUT2D eigenvalue weighted by Gasteiger charge is -2.39. The largest absolute Gasteiger partial charge is 0.388 e. The van der Waals surface area contributed by atoms with Crippen LogP contribution in [0.3, 0.4) is 0 Å². The number of rotatable bonds is 5. The van der Waals surface area contributed by atoms with Gasteiger partial charge in [-0.25, -0.2) is 4.98 Å². The van der Waals surface area contributed by atoms with E-state index in [1.54, 1.807) is 4.90 Å². The van der Waals surface area contributed by atoms with Gasteiger partial charge in [-0.05, 0) is 25.3 Å². The van der Waals surface area contributed by atoms with Gasteiger partial charge in [0.05, 0.1) is 40.3 Å². The highest BCUT2D eigenvalue weighted by atomic mass is 16.6. The number of carbonyl (C=O) groups excluding carboxylic acids is 1. The van der Waals surface area contributed by atoms with E-state index < -0.39 is 16.6 Å². The Morgan fingerprint density at radius 3 is 2.71 bits per heavy atom. The molecule has 0 bridgehead atoms. The molecule has 1 aromatic heterocycles. The first-order valence-electron chi connectivity index (χ1n) is 9.14. The van der Waals surface area contributed by atoms with Crippen LogP contribution in [0.2, 0.25) is 0 Å². The Bertz CT molecular complexity index is 964. The van der Waals surface area contributed by atoms with Crippen LogP contribution >= 0.6 is 0 Å². The van der Waals surface area contributed by atoms with E-state index in [-0.39, 0.29) is 34.6 Å². The topological polar surface area (TPSA) is 145 Å². The third kappa shape index (κ3) is 3.87. The Kier molecular flexibility index (Phi) is 5.43. The molecule has 10 nitrogen and oxygen atoms in total. The van der Waals surface area contributed by atoms with Crippen molar-refractivity contribution in [2.45, 2.75) is 44.4 Å². The summed E-state index contributed by atoms with van der Waals surface area (Å²) in [5.74, 6) is -0.129. The number of benzene rings is 1. The number of piperidine rings is 1. The molecule has 3 rings (SSSR count). The Balaban J connectivity index is 1.77. The number of aliphatic hydroxyl groups is 1. The number of nitro groups is 1. The van der Waals surface area contributed by atoms with Crippen molar-refractivity contribution >= 4 is 22.5 Å². The number of nitrogens with zero attached hydrogens (tertiary/aromatic N) is 4. The monoisotopic (exact) mass is 389 g/mol. The van der Waals surface area contributed by atoms with Crippen LogP contribution in [0.5, 0.6) is 0 Å². The summed E-state index contributed by atoms with van der Waals surface area (Å²) in [6.07, 6.45) is 2.48. The average Bonchev–Trinajstić information content (AvgIpc) is 2.69. The van der Waals surface area contributed by atoms with Crippen molar-refractivity contribution in [3.05, 3.63) is 45.0 Å². The number of carbonyl (C=O) groups is 1. The molecule has 3 N–H and O–H groups in total. The Hall–Kier alpha value is -2.85. The molecule has 0 spiro atoms. The number of likely N-dealkylation sites (tertiary alicyclic amines) is 1. The highest BCUT2D eigenvalue weighted by Crippen LogP contribution is 2.25. The van der Waals surface area contributed by atoms with Crippen LogP contribution in [0, 0.1) is 10.1 Å². The van der Waals surface area contributed by atoms with Crippen LogP contribution in [-0.2, 0) is 11.3 Å². The maximum absolute atomic E-state index is 12.7. The summed E-state index contributed by atoms with van der Waals surface area (Å²) in [4.78, 5) is 41.0. The van der Waals surface area contributed by atoms with Gasteiger partial charge in [0.1, 0.15) is 0 Å². The molecule has 0 radical (unpaired) electrons. The van der Waals surface area contributed by atoms with Gasteiger partial charge in [0.25, 0.3) is 11.2 Å². The number of amides is 1. The van der Waals surface area contributed by atoms with Gasteiger partial charge in [0, 0.05) is 25.2 Å². The van der Waals surface area contributed by atoms with Gasteiger partial charge >= 0.3 is 0 Å². The van der Waals surface area contributed by atoms with Crippen LogP contribution in [0.25, 0.3) is 10.9 Å². The highest BCUT2D eigenvalue weighted by molar-refractivity contribution is 5.81. The second-order valence-electron chi connectivity index (χ2n) is 7.20. The van der Waals surface area contributed by atoms with Crippen molar-refractivity contribution in [2.75, 3.05) is 13.1 Å². The number of non-ortho nitro benzene ring substituents is 1. The van der Waals surface area contributed by atoms with E-state index in [9.17, 15) is 24.8 Å². The molecule has 1 saturated heterocycles. The Morgan fingerprint density at radius 1 is 1.43 bits per heavy atom. The van der Waals surface area contributed by atoms with Crippen molar-refractivity contribution in [3.63, 3.8) is 0 Å². The first kappa shape index (κ1) is 19.9. The molecule has 1 aliphatic heterocycles. The minimum Gasteiger partial charge on any atom is -0.388 e. The summed E-state index contributed by atoms with van der Waals surface area (Å²) < 4.78 is 1.31. The van der Waals surface area contributed by atoms with Crippen LogP contribution in [0.15, 0.2) is 29.3 Å². The maximum atomic E-state index is 12.7. The third-order valence-corrected chi connectivity index (χ3v) is 5.25. The van der Waals surface area contributed by atoms with Crippen molar-refractivity contribution in [1.82, 2.24) is 14.5 Å². The summed E-state index contributed by atoms with van der Waals surface area (Å²) in [6, 6.07) is 3.33. The molecule has 1 amide bonds. The zero-order chi connectivity index (χ0) is 20.5. The van der Waals surface area contributed by atoms with Gasteiger partial charge in [-0.3, -0.25) is 24.3 Å². The highest BCUT2D eigenvalue weighted by Gasteiger charge is 2.35. The van der Waals surface area contributed by atoms with E-state index in [1.807, 2.05) is 6.92 Å². The van der Waals surface area contributed by atoms with Crippen molar-refractivity contribution in [2.24, 2.45) is 5.73 Å². The quantitative estimate of drug-likeness (QED) is 0.556. The standard InChI is InChI=1S/C18H23N5O5/c1-2-14(19)17(25)21-7-5-18(26,6-8-21)10-22-11-20-15-9-12(23(27)28)3-4-13(15)16(22)24/h3-4,9,11,14,26H,2,5-8,10,19H2,1H3/t14-/m1/s1. The molecular weight excluding hydrogens is 366 g/mol. The molecule has 1 aliphatic rings. The molecule has 0 saturated carbocycles. The lowest BCUT2D eigenvalue weighted by molar-refractivity contribution is -0.384. The molecule has 0 aliphatic carbocycles. The summed E-state index contributed by atoms with van der Waals surface area (Å²) in [5.41, 5.74) is 4.36. The molecule has 1 fully saturated rings. The van der Waals surface area contributed by atoms with E-state index in [0.717, 1.165) is 0 Å². The van der Waals surface area contributed by atoms with E-state index in [4.69, 9.17) is 5.73 Å². The third-order valence-electron chi connectivity index (χ3n) is 5.25. The van der Waals surface area contributed by atoms with E-state index in [0.29, 0.717) is 32.4 Å². The second kappa shape index (κ2) is 7.64. The smallest absolute Gasteiger partial charge is 0.271 e. The molecule has 2 aromatic rings. The van der Waals surface area contributed by atoms with Crippen molar-refractivity contribution < 1.29 is 14.8 Å². The Labute approximate surface area is 160 Å². The number of hydrogen-bond donors (Lipinski definition) is 2. The number of fused-ring (bicyclic) bond motifs is 1. The van der Waals surface area contributed by atoms with Crippen molar-refractivity contribution in [3.8, 4) is 0 Å². The molecule has 0 unspecified atom stereocenters. The Morgan fingerprint density at radius 2 is 2.11 bits per heavy atom. The number of hydrogen-bond acceptors (Lipinski definition) is 7. The number of aromatic nitrogens is 2. The van der Waals surface area contributed by atoms with Crippen LogP contribution in [0.4, 0.5) is 5.69 Å². The molecule has 2 heterocycles. The van der Waals surface area contributed by atoms with Gasteiger partial charge < -0.3 is 15.7 Å². The summed E-state index contributed by atoms with van der Waals surface area (Å²) >= 11 is 0. The molecular formula is C18H23N5O5. The van der Waals surface area contributed by atoms with Gasteiger partial charge in [-0.1, -0.05) is 6.92 Å². The zero-order valence-electron chi connectivity index (χ0n) is 15.6. The average molecular weight is 389 g/mol. The predicted octanol–water partition coefficient (Wildman–Crippen LogP) is 0.395. The molecule has 1 aromatic carbocycles. The van der Waals surface area contributed by atoms with Gasteiger partial charge in [0.15, 0.2) is 0 Å². The van der Waals surface area contributed by atoms with E-state index >= 15 is 0 Å². The SMILES string of the molecule is CC[C@@H](N)C(=O)N1CCC(O)(Cn2cnc3cc([N+](=O)[O-])ccc3c2=O)CC1. The minimum atomic E-state index is -1.15. The fourth-order valence-corrected chi connectivity index (χ4v) is 3.40. The predicted molar refractivity (Wildman–Crippen MR) is 102 cm³/mol. The zero-order valence-corrected chi connectivity index (χ0v) is 15.6. The van der Waals surface area contributed by atoms with Crippen LogP contribution in [0.1, 0.15) is 26.2 Å². The van der Waals surface area contributed by atoms with Gasteiger partial charge in [-0.2, -0.15) is 0 Å². The fourth-order valence-electron chi connectivity index (χ4n) is 3.40. The molecule has 28 heavy (non-hydrogen) atoms. The molecule has 150 valence electrons. The number of nitro benzene ring substituents is 1. The fraction of sp³-hybridized carbons (Fsp3) is 0.500. The van der Waals surface area contributed by atoms with Crippen molar-refractivity contribution in [1.29, 1.82) is 0 Å². The lowest BCUT2D eigenvalue weighted by Crippen LogP contribution is -2.53. The first-order chi connectivity index (χ1) is 13.2. The van der Waals surface area contributed by atoms with Crippen LogP contribution < -0.4 is 11.3 Å². The summed E-state index contributed by atoms with van der Waals surface area (Å²) in [5, 5.41) is 22.0. The summed E-state index contributed by atoms with van der Waals surface area (Å²) in [6.45, 7) is 2.61. The molecule has 10 heteroatoms. The summed E-state index contributed by atoms with van der Waals surface area (Å²) in [7, 11) is 0. The van der Waals surface area contributed by atoms with Gasteiger partial charge in [-0.15, -0.1) is 0 Å².